The summed E-state index contributed by atoms with van der Waals surface area (Å²) < 4.78 is 1.13. The minimum absolute atomic E-state index is 0.0391. The molecule has 0 aromatic heterocycles. The number of hydrogen-bond donors (Lipinski definition) is 1. The topological polar surface area (TPSA) is 12.0 Å². The van der Waals surface area contributed by atoms with E-state index in [1.165, 1.54) is 18.4 Å². The van der Waals surface area contributed by atoms with Crippen LogP contribution in [-0.4, -0.2) is 6.04 Å². The molecule has 0 saturated heterocycles. The molecule has 2 heteroatoms. The van der Waals surface area contributed by atoms with Crippen molar-refractivity contribution in [1.82, 2.24) is 5.32 Å². The second-order valence-electron chi connectivity index (χ2n) is 4.79. The van der Waals surface area contributed by atoms with Gasteiger partial charge in [-0.1, -0.05) is 41.9 Å². The summed E-state index contributed by atoms with van der Waals surface area (Å²) in [6.07, 6.45) is 2.35. The van der Waals surface area contributed by atoms with Crippen LogP contribution in [0.1, 0.15) is 46.1 Å². The standard InChI is InChI=1S/C14H22BrN/c1-5-13(6-2)16-14(3,4)11-7-9-12(15)10-8-11/h7-10,13,16H,5-6H2,1-4H3. The fraction of sp³-hybridized carbons (Fsp3) is 0.571. The Hall–Kier alpha value is -0.340. The van der Waals surface area contributed by atoms with Crippen molar-refractivity contribution in [2.24, 2.45) is 0 Å². The maximum Gasteiger partial charge on any atom is 0.0379 e. The SMILES string of the molecule is CCC(CC)NC(C)(C)c1ccc(Br)cc1. The van der Waals surface area contributed by atoms with E-state index in [1.54, 1.807) is 0 Å². The first-order valence-electron chi connectivity index (χ1n) is 6.03. The normalized spacial score (nSPS) is 12.1. The van der Waals surface area contributed by atoms with Crippen molar-refractivity contribution in [2.45, 2.75) is 52.1 Å². The Bertz CT molecular complexity index is 312. The van der Waals surface area contributed by atoms with Gasteiger partial charge in [-0.2, -0.15) is 0 Å². The van der Waals surface area contributed by atoms with Gasteiger partial charge in [0.1, 0.15) is 0 Å². The van der Waals surface area contributed by atoms with E-state index in [4.69, 9.17) is 0 Å². The summed E-state index contributed by atoms with van der Waals surface area (Å²) >= 11 is 3.47. The van der Waals surface area contributed by atoms with E-state index in [-0.39, 0.29) is 5.54 Å². The van der Waals surface area contributed by atoms with Gasteiger partial charge in [0.2, 0.25) is 0 Å². The Morgan fingerprint density at radius 3 is 2.06 bits per heavy atom. The summed E-state index contributed by atoms with van der Waals surface area (Å²) in [5.74, 6) is 0. The zero-order valence-electron chi connectivity index (χ0n) is 10.7. The third-order valence-electron chi connectivity index (χ3n) is 3.12. The van der Waals surface area contributed by atoms with Gasteiger partial charge in [-0.3, -0.25) is 0 Å². The van der Waals surface area contributed by atoms with E-state index in [9.17, 15) is 0 Å². The lowest BCUT2D eigenvalue weighted by Gasteiger charge is -2.31. The maximum absolute atomic E-state index is 3.71. The van der Waals surface area contributed by atoms with Gasteiger partial charge < -0.3 is 5.32 Å². The third kappa shape index (κ3) is 3.60. The average Bonchev–Trinajstić information content (AvgIpc) is 2.26. The Labute approximate surface area is 108 Å². The van der Waals surface area contributed by atoms with Crippen LogP contribution in [0.5, 0.6) is 0 Å². The molecular formula is C14H22BrN. The van der Waals surface area contributed by atoms with E-state index >= 15 is 0 Å². The van der Waals surface area contributed by atoms with Crippen molar-refractivity contribution in [3.8, 4) is 0 Å². The fourth-order valence-electron chi connectivity index (χ4n) is 1.95. The highest BCUT2D eigenvalue weighted by Gasteiger charge is 2.22. The maximum atomic E-state index is 3.71. The summed E-state index contributed by atoms with van der Waals surface area (Å²) in [6.45, 7) is 8.96. The van der Waals surface area contributed by atoms with E-state index in [1.807, 2.05) is 0 Å². The number of hydrogen-bond acceptors (Lipinski definition) is 1. The molecule has 0 radical (unpaired) electrons. The van der Waals surface area contributed by atoms with Gasteiger partial charge in [0.15, 0.2) is 0 Å². The largest absolute Gasteiger partial charge is 0.305 e. The Morgan fingerprint density at radius 2 is 1.62 bits per heavy atom. The van der Waals surface area contributed by atoms with Gasteiger partial charge >= 0.3 is 0 Å². The molecule has 1 rings (SSSR count). The lowest BCUT2D eigenvalue weighted by Crippen LogP contribution is -2.43. The molecule has 0 aliphatic heterocycles. The Morgan fingerprint density at radius 1 is 1.12 bits per heavy atom. The quantitative estimate of drug-likeness (QED) is 0.841. The van der Waals surface area contributed by atoms with E-state index < -0.39 is 0 Å². The van der Waals surface area contributed by atoms with E-state index in [0.717, 1.165) is 4.47 Å². The van der Waals surface area contributed by atoms with Crippen LogP contribution in [0.4, 0.5) is 0 Å². The molecule has 0 unspecified atom stereocenters. The van der Waals surface area contributed by atoms with Crippen molar-refractivity contribution in [3.63, 3.8) is 0 Å². The predicted molar refractivity (Wildman–Crippen MR) is 74.7 cm³/mol. The van der Waals surface area contributed by atoms with Crippen molar-refractivity contribution < 1.29 is 0 Å². The first-order valence-corrected chi connectivity index (χ1v) is 6.82. The van der Waals surface area contributed by atoms with Crippen LogP contribution in [0.2, 0.25) is 0 Å². The van der Waals surface area contributed by atoms with Gasteiger partial charge in [-0.05, 0) is 44.4 Å². The van der Waals surface area contributed by atoms with Crippen LogP contribution in [0, 0.1) is 0 Å². The molecule has 1 N–H and O–H groups in total. The summed E-state index contributed by atoms with van der Waals surface area (Å²) in [6, 6.07) is 9.16. The lowest BCUT2D eigenvalue weighted by molar-refractivity contribution is 0.327. The van der Waals surface area contributed by atoms with Crippen LogP contribution in [0.15, 0.2) is 28.7 Å². The van der Waals surface area contributed by atoms with Crippen LogP contribution < -0.4 is 5.32 Å². The molecular weight excluding hydrogens is 262 g/mol. The zero-order chi connectivity index (χ0) is 12.2. The molecule has 0 heterocycles. The molecule has 0 saturated carbocycles. The number of benzene rings is 1. The molecule has 1 nitrogen and oxygen atoms in total. The molecule has 1 aromatic rings. The fourth-order valence-corrected chi connectivity index (χ4v) is 2.22. The Kier molecular flexibility index (Phi) is 5.00. The molecule has 0 amide bonds. The molecule has 1 aromatic carbocycles. The Balaban J connectivity index is 2.80. The van der Waals surface area contributed by atoms with Crippen molar-refractivity contribution >= 4 is 15.9 Å². The van der Waals surface area contributed by atoms with Crippen molar-refractivity contribution in [3.05, 3.63) is 34.3 Å². The molecule has 0 fully saturated rings. The number of nitrogens with one attached hydrogen (secondary N) is 1. The summed E-state index contributed by atoms with van der Waals surface area (Å²) in [5.41, 5.74) is 1.37. The molecule has 0 spiro atoms. The predicted octanol–water partition coefficient (Wildman–Crippen LogP) is 4.46. The highest BCUT2D eigenvalue weighted by molar-refractivity contribution is 9.10. The summed E-state index contributed by atoms with van der Waals surface area (Å²) in [4.78, 5) is 0. The van der Waals surface area contributed by atoms with Crippen LogP contribution in [0.3, 0.4) is 0 Å². The lowest BCUT2D eigenvalue weighted by atomic mass is 9.92. The van der Waals surface area contributed by atoms with Crippen molar-refractivity contribution in [1.29, 1.82) is 0 Å². The second-order valence-corrected chi connectivity index (χ2v) is 5.71. The van der Waals surface area contributed by atoms with E-state index in [0.29, 0.717) is 6.04 Å². The van der Waals surface area contributed by atoms with Crippen LogP contribution >= 0.6 is 15.9 Å². The first-order chi connectivity index (χ1) is 7.49. The number of halogens is 1. The van der Waals surface area contributed by atoms with Gasteiger partial charge in [-0.15, -0.1) is 0 Å². The van der Waals surface area contributed by atoms with Crippen LogP contribution in [0.25, 0.3) is 0 Å². The monoisotopic (exact) mass is 283 g/mol. The molecule has 90 valence electrons. The average molecular weight is 284 g/mol. The molecule has 0 bridgehead atoms. The highest BCUT2D eigenvalue weighted by atomic mass is 79.9. The van der Waals surface area contributed by atoms with Crippen molar-refractivity contribution in [2.75, 3.05) is 0 Å². The summed E-state index contributed by atoms with van der Waals surface area (Å²) in [7, 11) is 0. The zero-order valence-corrected chi connectivity index (χ0v) is 12.3. The minimum Gasteiger partial charge on any atom is -0.305 e. The molecule has 16 heavy (non-hydrogen) atoms. The molecule has 0 aliphatic rings. The van der Waals surface area contributed by atoms with Gasteiger partial charge in [0, 0.05) is 16.1 Å². The third-order valence-corrected chi connectivity index (χ3v) is 3.65. The van der Waals surface area contributed by atoms with Gasteiger partial charge in [0.05, 0.1) is 0 Å². The smallest absolute Gasteiger partial charge is 0.0379 e. The summed E-state index contributed by atoms with van der Waals surface area (Å²) in [5, 5.41) is 3.71. The first kappa shape index (κ1) is 13.7. The van der Waals surface area contributed by atoms with Gasteiger partial charge in [-0.25, -0.2) is 0 Å². The van der Waals surface area contributed by atoms with E-state index in [2.05, 4.69) is 73.2 Å². The second kappa shape index (κ2) is 5.83. The minimum atomic E-state index is 0.0391. The van der Waals surface area contributed by atoms with Gasteiger partial charge in [0.25, 0.3) is 0 Å². The highest BCUT2D eigenvalue weighted by Crippen LogP contribution is 2.23. The number of rotatable bonds is 5. The molecule has 0 atom stereocenters. The van der Waals surface area contributed by atoms with Crippen LogP contribution in [-0.2, 0) is 5.54 Å². The molecule has 0 aliphatic carbocycles.